The molecule has 0 radical (unpaired) electrons. The molecule has 1 amide bonds. The molecule has 11 heteroatoms. The Balaban J connectivity index is 1.85. The number of carbonyl (C=O) groups is 1. The van der Waals surface area contributed by atoms with Gasteiger partial charge in [0, 0.05) is 12.4 Å². The summed E-state index contributed by atoms with van der Waals surface area (Å²) in [5, 5.41) is 11.6. The van der Waals surface area contributed by atoms with E-state index in [1.54, 1.807) is 30.3 Å². The van der Waals surface area contributed by atoms with Gasteiger partial charge in [-0.2, -0.15) is 4.98 Å². The van der Waals surface area contributed by atoms with Crippen LogP contribution >= 0.6 is 0 Å². The van der Waals surface area contributed by atoms with E-state index >= 15 is 0 Å². The quantitative estimate of drug-likeness (QED) is 0.465. The minimum atomic E-state index is -0.719. The standard InChI is InChI=1S/C17H14N6O5/c1-27-12-6-2-3-7-13(12)28-17-14(23(25)26)15(19-10-20-17)21-22-16(24)11-5-4-8-18-9-11/h2-10H,1H3,(H,22,24)(H,19,20,21). The molecular formula is C17H14N6O5. The lowest BCUT2D eigenvalue weighted by Crippen LogP contribution is -2.30. The molecular weight excluding hydrogens is 368 g/mol. The molecule has 3 aromatic rings. The second-order valence-corrected chi connectivity index (χ2v) is 5.21. The molecule has 0 bridgehead atoms. The first-order valence-corrected chi connectivity index (χ1v) is 7.86. The zero-order valence-electron chi connectivity index (χ0n) is 14.5. The third-order valence-electron chi connectivity index (χ3n) is 3.47. The molecule has 0 fully saturated rings. The second kappa shape index (κ2) is 8.40. The minimum absolute atomic E-state index is 0.233. The summed E-state index contributed by atoms with van der Waals surface area (Å²) in [4.78, 5) is 34.4. The van der Waals surface area contributed by atoms with E-state index in [-0.39, 0.29) is 23.0 Å². The molecule has 0 spiro atoms. The lowest BCUT2D eigenvalue weighted by molar-refractivity contribution is -0.385. The zero-order chi connectivity index (χ0) is 19.9. The van der Waals surface area contributed by atoms with Gasteiger partial charge in [0.15, 0.2) is 11.5 Å². The first-order valence-electron chi connectivity index (χ1n) is 7.86. The van der Waals surface area contributed by atoms with Gasteiger partial charge in [-0.05, 0) is 24.3 Å². The highest BCUT2D eigenvalue weighted by Crippen LogP contribution is 2.37. The Labute approximate surface area is 158 Å². The Morgan fingerprint density at radius 3 is 2.61 bits per heavy atom. The SMILES string of the molecule is COc1ccccc1Oc1ncnc(NNC(=O)c2cccnc2)c1[N+](=O)[O-]. The first kappa shape index (κ1) is 18.5. The third-order valence-corrected chi connectivity index (χ3v) is 3.47. The fraction of sp³-hybridized carbons (Fsp3) is 0.0588. The fourth-order valence-corrected chi connectivity index (χ4v) is 2.19. The van der Waals surface area contributed by atoms with Crippen LogP contribution in [0.5, 0.6) is 17.4 Å². The zero-order valence-corrected chi connectivity index (χ0v) is 14.5. The van der Waals surface area contributed by atoms with Crippen LogP contribution in [0, 0.1) is 10.1 Å². The van der Waals surface area contributed by atoms with Gasteiger partial charge in [-0.15, -0.1) is 0 Å². The summed E-state index contributed by atoms with van der Waals surface area (Å²) in [5.74, 6) is -0.509. The molecule has 2 aromatic heterocycles. The number of aromatic nitrogens is 3. The molecule has 0 unspecified atom stereocenters. The summed E-state index contributed by atoms with van der Waals surface area (Å²) in [6.07, 6.45) is 3.93. The van der Waals surface area contributed by atoms with E-state index < -0.39 is 16.5 Å². The van der Waals surface area contributed by atoms with Gasteiger partial charge >= 0.3 is 11.6 Å². The number of pyridine rings is 1. The number of benzene rings is 1. The number of hydrazine groups is 1. The van der Waals surface area contributed by atoms with Gasteiger partial charge in [0.1, 0.15) is 6.33 Å². The number of nitro groups is 1. The number of nitrogens with one attached hydrogen (secondary N) is 2. The highest BCUT2D eigenvalue weighted by atomic mass is 16.6. The predicted molar refractivity (Wildman–Crippen MR) is 97.1 cm³/mol. The highest BCUT2D eigenvalue weighted by Gasteiger charge is 2.26. The molecule has 0 saturated heterocycles. The van der Waals surface area contributed by atoms with Gasteiger partial charge < -0.3 is 9.47 Å². The summed E-state index contributed by atoms with van der Waals surface area (Å²) in [7, 11) is 1.44. The van der Waals surface area contributed by atoms with E-state index in [1.807, 2.05) is 0 Å². The molecule has 2 N–H and O–H groups in total. The van der Waals surface area contributed by atoms with Crippen LogP contribution in [0.15, 0.2) is 55.1 Å². The number of nitrogens with zero attached hydrogens (tertiary/aromatic N) is 4. The van der Waals surface area contributed by atoms with Crippen molar-refractivity contribution in [2.75, 3.05) is 12.5 Å². The maximum Gasteiger partial charge on any atom is 0.374 e. The molecule has 11 nitrogen and oxygen atoms in total. The van der Waals surface area contributed by atoms with Crippen molar-refractivity contribution in [1.29, 1.82) is 0 Å². The van der Waals surface area contributed by atoms with Crippen LogP contribution in [-0.2, 0) is 0 Å². The van der Waals surface area contributed by atoms with E-state index in [0.717, 1.165) is 6.33 Å². The minimum Gasteiger partial charge on any atom is -0.493 e. The Morgan fingerprint density at radius 1 is 1.14 bits per heavy atom. The van der Waals surface area contributed by atoms with Crippen LogP contribution in [0.1, 0.15) is 10.4 Å². The number of amides is 1. The molecule has 28 heavy (non-hydrogen) atoms. The molecule has 0 saturated carbocycles. The highest BCUT2D eigenvalue weighted by molar-refractivity contribution is 5.94. The average Bonchev–Trinajstić information content (AvgIpc) is 2.73. The third kappa shape index (κ3) is 4.09. The number of para-hydroxylation sites is 2. The van der Waals surface area contributed by atoms with Crippen molar-refractivity contribution in [3.05, 3.63) is 70.8 Å². The summed E-state index contributed by atoms with van der Waals surface area (Å²) in [5.41, 5.74) is 4.44. The monoisotopic (exact) mass is 382 g/mol. The van der Waals surface area contributed by atoms with Crippen molar-refractivity contribution in [3.8, 4) is 17.4 Å². The van der Waals surface area contributed by atoms with Crippen LogP contribution in [0.4, 0.5) is 11.5 Å². The number of hydrogen-bond acceptors (Lipinski definition) is 9. The van der Waals surface area contributed by atoms with Crippen molar-refractivity contribution in [2.45, 2.75) is 0 Å². The predicted octanol–water partition coefficient (Wildman–Crippen LogP) is 2.34. The topological polar surface area (TPSA) is 141 Å². The van der Waals surface area contributed by atoms with E-state index in [4.69, 9.17) is 9.47 Å². The number of anilines is 1. The van der Waals surface area contributed by atoms with E-state index in [2.05, 4.69) is 25.8 Å². The average molecular weight is 382 g/mol. The van der Waals surface area contributed by atoms with Gasteiger partial charge in [-0.25, -0.2) is 4.98 Å². The fourth-order valence-electron chi connectivity index (χ4n) is 2.19. The smallest absolute Gasteiger partial charge is 0.374 e. The van der Waals surface area contributed by atoms with Crippen molar-refractivity contribution in [3.63, 3.8) is 0 Å². The summed E-state index contributed by atoms with van der Waals surface area (Å²) < 4.78 is 10.7. The number of carbonyl (C=O) groups excluding carboxylic acids is 1. The Kier molecular flexibility index (Phi) is 5.55. The Hall–Kier alpha value is -4.28. The van der Waals surface area contributed by atoms with Crippen LogP contribution in [0.2, 0.25) is 0 Å². The van der Waals surface area contributed by atoms with Crippen LogP contribution in [0.25, 0.3) is 0 Å². The molecule has 2 heterocycles. The number of methoxy groups -OCH3 is 1. The molecule has 0 aliphatic carbocycles. The summed E-state index contributed by atoms with van der Waals surface area (Å²) in [6, 6.07) is 9.73. The normalized spacial score (nSPS) is 10.0. The molecule has 0 aliphatic heterocycles. The van der Waals surface area contributed by atoms with Gasteiger partial charge in [-0.1, -0.05) is 12.1 Å². The van der Waals surface area contributed by atoms with Crippen molar-refractivity contribution < 1.29 is 19.2 Å². The maximum absolute atomic E-state index is 12.1. The van der Waals surface area contributed by atoms with Crippen molar-refractivity contribution >= 4 is 17.4 Å². The largest absolute Gasteiger partial charge is 0.493 e. The van der Waals surface area contributed by atoms with Crippen molar-refractivity contribution in [1.82, 2.24) is 20.4 Å². The summed E-state index contributed by atoms with van der Waals surface area (Å²) in [6.45, 7) is 0. The summed E-state index contributed by atoms with van der Waals surface area (Å²) >= 11 is 0. The molecule has 142 valence electrons. The second-order valence-electron chi connectivity index (χ2n) is 5.21. The Bertz CT molecular complexity index is 998. The van der Waals surface area contributed by atoms with Gasteiger partial charge in [0.05, 0.1) is 17.6 Å². The number of hydrogen-bond donors (Lipinski definition) is 2. The first-order chi connectivity index (χ1) is 13.6. The van der Waals surface area contributed by atoms with Gasteiger partial charge in [0.2, 0.25) is 5.82 Å². The maximum atomic E-state index is 12.1. The Morgan fingerprint density at radius 2 is 1.93 bits per heavy atom. The lowest BCUT2D eigenvalue weighted by Gasteiger charge is -2.11. The van der Waals surface area contributed by atoms with Gasteiger partial charge in [-0.3, -0.25) is 30.7 Å². The number of ether oxygens (including phenoxy) is 2. The van der Waals surface area contributed by atoms with Crippen molar-refractivity contribution in [2.24, 2.45) is 0 Å². The van der Waals surface area contributed by atoms with Gasteiger partial charge in [0.25, 0.3) is 5.91 Å². The molecule has 1 aromatic carbocycles. The molecule has 0 atom stereocenters. The lowest BCUT2D eigenvalue weighted by atomic mass is 10.3. The van der Waals surface area contributed by atoms with E-state index in [0.29, 0.717) is 5.75 Å². The van der Waals surface area contributed by atoms with Crippen LogP contribution < -0.4 is 20.3 Å². The van der Waals surface area contributed by atoms with Crippen LogP contribution in [-0.4, -0.2) is 32.9 Å². The molecule has 3 rings (SSSR count). The van der Waals surface area contributed by atoms with Crippen LogP contribution in [0.3, 0.4) is 0 Å². The van der Waals surface area contributed by atoms with E-state index in [9.17, 15) is 14.9 Å². The van der Waals surface area contributed by atoms with E-state index in [1.165, 1.54) is 25.6 Å². The molecule has 0 aliphatic rings. The number of rotatable bonds is 7.